The van der Waals surface area contributed by atoms with Crippen molar-refractivity contribution in [2.45, 2.75) is 12.1 Å². The maximum atomic E-state index is 13.8. The van der Waals surface area contributed by atoms with E-state index in [1.165, 1.54) is 23.9 Å². The molecule has 0 radical (unpaired) electrons. The normalized spacial score (nSPS) is 10.8. The minimum atomic E-state index is -0.488. The average molecular weight is 435 g/mol. The summed E-state index contributed by atoms with van der Waals surface area (Å²) in [5.41, 5.74) is 2.25. The predicted molar refractivity (Wildman–Crippen MR) is 105 cm³/mol. The fourth-order valence-corrected chi connectivity index (χ4v) is 3.43. The first-order chi connectivity index (χ1) is 12.4. The Morgan fingerprint density at radius 1 is 1.27 bits per heavy atom. The summed E-state index contributed by atoms with van der Waals surface area (Å²) in [4.78, 5) is 12.1. The Balaban J connectivity index is 1.66. The molecule has 2 aromatic carbocycles. The quantitative estimate of drug-likeness (QED) is 0.603. The van der Waals surface area contributed by atoms with Crippen molar-refractivity contribution in [1.82, 2.24) is 14.8 Å². The van der Waals surface area contributed by atoms with Gasteiger partial charge in [-0.05, 0) is 31.2 Å². The highest BCUT2D eigenvalue weighted by Gasteiger charge is 2.14. The molecule has 0 fully saturated rings. The van der Waals surface area contributed by atoms with Crippen LogP contribution in [0.1, 0.15) is 5.56 Å². The second-order valence-electron chi connectivity index (χ2n) is 5.70. The van der Waals surface area contributed by atoms with Crippen molar-refractivity contribution in [1.29, 1.82) is 0 Å². The van der Waals surface area contributed by atoms with Gasteiger partial charge in [-0.25, -0.2) is 4.39 Å². The fraction of sp³-hybridized carbons (Fsp3) is 0.167. The van der Waals surface area contributed by atoms with E-state index in [4.69, 9.17) is 0 Å². The smallest absolute Gasteiger partial charge is 0.234 e. The second kappa shape index (κ2) is 8.01. The van der Waals surface area contributed by atoms with Gasteiger partial charge in [0.15, 0.2) is 11.0 Å². The topological polar surface area (TPSA) is 59.8 Å². The first-order valence-corrected chi connectivity index (χ1v) is 9.56. The Morgan fingerprint density at radius 2 is 2.08 bits per heavy atom. The molecule has 0 aliphatic heterocycles. The summed E-state index contributed by atoms with van der Waals surface area (Å²) in [6, 6.07) is 12.5. The Morgan fingerprint density at radius 3 is 2.81 bits per heavy atom. The summed E-state index contributed by atoms with van der Waals surface area (Å²) in [6.07, 6.45) is 0. The number of carbonyl (C=O) groups excluding carboxylic acids is 1. The third-order valence-electron chi connectivity index (χ3n) is 3.65. The van der Waals surface area contributed by atoms with Crippen LogP contribution in [-0.4, -0.2) is 26.4 Å². The summed E-state index contributed by atoms with van der Waals surface area (Å²) < 4.78 is 16.2. The van der Waals surface area contributed by atoms with Gasteiger partial charge in [0.25, 0.3) is 0 Å². The van der Waals surface area contributed by atoms with Gasteiger partial charge in [-0.3, -0.25) is 4.79 Å². The van der Waals surface area contributed by atoms with Crippen LogP contribution in [0, 0.1) is 12.7 Å². The lowest BCUT2D eigenvalue weighted by Gasteiger charge is -2.07. The number of benzene rings is 2. The summed E-state index contributed by atoms with van der Waals surface area (Å²) in [5.74, 6) is 0.0416. The number of aromatic nitrogens is 3. The first-order valence-electron chi connectivity index (χ1n) is 7.78. The van der Waals surface area contributed by atoms with E-state index in [0.29, 0.717) is 9.63 Å². The average Bonchev–Trinajstić information content (AvgIpc) is 2.96. The van der Waals surface area contributed by atoms with Crippen LogP contribution in [0.4, 0.5) is 10.1 Å². The molecule has 3 aromatic rings. The maximum absolute atomic E-state index is 13.8. The Labute approximate surface area is 163 Å². The Bertz CT molecular complexity index is 960. The molecule has 3 rings (SSSR count). The highest BCUT2D eigenvalue weighted by atomic mass is 79.9. The van der Waals surface area contributed by atoms with Gasteiger partial charge in [0.2, 0.25) is 5.91 Å². The van der Waals surface area contributed by atoms with Crippen LogP contribution in [0.5, 0.6) is 0 Å². The van der Waals surface area contributed by atoms with Gasteiger partial charge < -0.3 is 9.88 Å². The number of carbonyl (C=O) groups is 1. The molecule has 1 aromatic heterocycles. The number of hydrogen-bond donors (Lipinski definition) is 1. The van der Waals surface area contributed by atoms with Gasteiger partial charge in [-0.1, -0.05) is 51.5 Å². The zero-order chi connectivity index (χ0) is 18.7. The Hall–Kier alpha value is -2.19. The van der Waals surface area contributed by atoms with Crippen molar-refractivity contribution in [2.24, 2.45) is 7.05 Å². The van der Waals surface area contributed by atoms with Crippen molar-refractivity contribution >= 4 is 39.3 Å². The molecular weight excluding hydrogens is 419 g/mol. The molecule has 1 N–H and O–H groups in total. The summed E-state index contributed by atoms with van der Waals surface area (Å²) in [6.45, 7) is 2.01. The SMILES string of the molecule is Cc1cccc(-c2nnc(SCC(=O)Nc3ccc(Br)cc3F)n2C)c1. The molecule has 0 saturated heterocycles. The minimum Gasteiger partial charge on any atom is -0.323 e. The van der Waals surface area contributed by atoms with E-state index in [1.807, 2.05) is 42.8 Å². The van der Waals surface area contributed by atoms with E-state index >= 15 is 0 Å². The number of halogens is 2. The molecule has 1 amide bonds. The first kappa shape index (κ1) is 18.6. The summed E-state index contributed by atoms with van der Waals surface area (Å²) >= 11 is 4.43. The molecule has 1 heterocycles. The van der Waals surface area contributed by atoms with E-state index in [9.17, 15) is 9.18 Å². The number of nitrogens with zero attached hydrogens (tertiary/aromatic N) is 3. The van der Waals surface area contributed by atoms with Gasteiger partial charge in [-0.15, -0.1) is 10.2 Å². The molecule has 0 aliphatic rings. The summed E-state index contributed by atoms with van der Waals surface area (Å²) in [5, 5.41) is 11.5. The molecule has 134 valence electrons. The van der Waals surface area contributed by atoms with E-state index in [1.54, 1.807) is 6.07 Å². The van der Waals surface area contributed by atoms with Gasteiger partial charge in [0, 0.05) is 17.1 Å². The molecule has 0 bridgehead atoms. The highest BCUT2D eigenvalue weighted by molar-refractivity contribution is 9.10. The van der Waals surface area contributed by atoms with Gasteiger partial charge in [0.05, 0.1) is 11.4 Å². The molecule has 8 heteroatoms. The maximum Gasteiger partial charge on any atom is 0.234 e. The van der Waals surface area contributed by atoms with Crippen molar-refractivity contribution in [3.05, 3.63) is 58.3 Å². The molecule has 0 atom stereocenters. The number of nitrogens with one attached hydrogen (secondary N) is 1. The van der Waals surface area contributed by atoms with Gasteiger partial charge in [-0.2, -0.15) is 0 Å². The van der Waals surface area contributed by atoms with E-state index in [-0.39, 0.29) is 17.3 Å². The van der Waals surface area contributed by atoms with Crippen molar-refractivity contribution in [3.8, 4) is 11.4 Å². The number of amides is 1. The molecular formula is C18H16BrFN4OS. The zero-order valence-electron chi connectivity index (χ0n) is 14.2. The molecule has 26 heavy (non-hydrogen) atoms. The van der Waals surface area contributed by atoms with Crippen LogP contribution < -0.4 is 5.32 Å². The van der Waals surface area contributed by atoms with Crippen LogP contribution in [0.3, 0.4) is 0 Å². The standard InChI is InChI=1S/C18H16BrFN4OS/c1-11-4-3-5-12(8-11)17-22-23-18(24(17)2)26-10-16(25)21-15-7-6-13(19)9-14(15)20/h3-9H,10H2,1-2H3,(H,21,25). The molecule has 0 spiro atoms. The van der Waals surface area contributed by atoms with Crippen LogP contribution in [0.15, 0.2) is 52.1 Å². The lowest BCUT2D eigenvalue weighted by molar-refractivity contribution is -0.113. The van der Waals surface area contributed by atoms with Crippen molar-refractivity contribution < 1.29 is 9.18 Å². The molecule has 0 unspecified atom stereocenters. The van der Waals surface area contributed by atoms with Crippen LogP contribution in [0.25, 0.3) is 11.4 Å². The monoisotopic (exact) mass is 434 g/mol. The van der Waals surface area contributed by atoms with Crippen molar-refractivity contribution in [3.63, 3.8) is 0 Å². The third-order valence-corrected chi connectivity index (χ3v) is 5.16. The molecule has 5 nitrogen and oxygen atoms in total. The zero-order valence-corrected chi connectivity index (χ0v) is 16.6. The van der Waals surface area contributed by atoms with Crippen molar-refractivity contribution in [2.75, 3.05) is 11.1 Å². The Kier molecular flexibility index (Phi) is 5.73. The van der Waals surface area contributed by atoms with Crippen LogP contribution in [0.2, 0.25) is 0 Å². The van der Waals surface area contributed by atoms with Gasteiger partial charge >= 0.3 is 0 Å². The molecule has 0 aliphatic carbocycles. The predicted octanol–water partition coefficient (Wildman–Crippen LogP) is 4.42. The van der Waals surface area contributed by atoms with E-state index in [2.05, 4.69) is 31.4 Å². The van der Waals surface area contributed by atoms with Gasteiger partial charge in [0.1, 0.15) is 5.82 Å². The lowest BCUT2D eigenvalue weighted by atomic mass is 10.1. The van der Waals surface area contributed by atoms with Crippen LogP contribution >= 0.6 is 27.7 Å². The number of anilines is 1. The van der Waals surface area contributed by atoms with E-state index < -0.39 is 5.82 Å². The fourth-order valence-electron chi connectivity index (χ4n) is 2.38. The number of thioether (sulfide) groups is 1. The summed E-state index contributed by atoms with van der Waals surface area (Å²) in [7, 11) is 1.85. The molecule has 0 saturated carbocycles. The number of hydrogen-bond acceptors (Lipinski definition) is 4. The van der Waals surface area contributed by atoms with E-state index in [0.717, 1.165) is 17.0 Å². The highest BCUT2D eigenvalue weighted by Crippen LogP contribution is 2.24. The number of aryl methyl sites for hydroxylation is 1. The lowest BCUT2D eigenvalue weighted by Crippen LogP contribution is -2.15. The number of rotatable bonds is 5. The minimum absolute atomic E-state index is 0.106. The van der Waals surface area contributed by atoms with Crippen LogP contribution in [-0.2, 0) is 11.8 Å². The second-order valence-corrected chi connectivity index (χ2v) is 7.55. The largest absolute Gasteiger partial charge is 0.323 e. The third kappa shape index (κ3) is 4.31.